The molecule has 4 saturated carbocycles. The highest BCUT2D eigenvalue weighted by molar-refractivity contribution is 6.01. The van der Waals surface area contributed by atoms with Crippen LogP contribution in [-0.2, 0) is 19.7 Å². The Morgan fingerprint density at radius 1 is 1.00 bits per heavy atom. The minimum absolute atomic E-state index is 0.0397. The van der Waals surface area contributed by atoms with Crippen LogP contribution in [0.2, 0.25) is 0 Å². The molecule has 9 atom stereocenters. The molecule has 0 spiro atoms. The van der Waals surface area contributed by atoms with Gasteiger partial charge >= 0.3 is 5.97 Å². The fourth-order valence-corrected chi connectivity index (χ4v) is 11.9. The first kappa shape index (κ1) is 29.9. The van der Waals surface area contributed by atoms with E-state index in [2.05, 4.69) is 39.6 Å². The van der Waals surface area contributed by atoms with Gasteiger partial charge in [-0.1, -0.05) is 34.6 Å². The average Bonchev–Trinajstić information content (AvgIpc) is 3.58. The summed E-state index contributed by atoms with van der Waals surface area (Å²) in [4.78, 5) is 34.4. The van der Waals surface area contributed by atoms with Crippen LogP contribution in [0.1, 0.15) is 105 Å². The number of benzene rings is 1. The second-order valence-corrected chi connectivity index (χ2v) is 15.9. The van der Waals surface area contributed by atoms with E-state index in [-0.39, 0.29) is 40.1 Å². The normalized spacial score (nSPS) is 39.9. The topological polar surface area (TPSA) is 72.0 Å². The number of esters is 1. The van der Waals surface area contributed by atoms with Crippen LogP contribution >= 0.6 is 0 Å². The predicted molar refractivity (Wildman–Crippen MR) is 169 cm³/mol. The SMILES string of the molecule is CC(=O)OC1CCC2(C)C(CCC3(C)C4CCC5(c6ncc(-c7ccc(F)cc7)[nH]6)CC(=O)C(C(C)C)=C5C4CCC32)C1C. The molecule has 9 unspecified atom stereocenters. The van der Waals surface area contributed by atoms with Gasteiger partial charge < -0.3 is 9.72 Å². The summed E-state index contributed by atoms with van der Waals surface area (Å²) < 4.78 is 19.5. The number of rotatable bonds is 4. The van der Waals surface area contributed by atoms with Crippen molar-refractivity contribution in [1.29, 1.82) is 0 Å². The second kappa shape index (κ2) is 10.4. The van der Waals surface area contributed by atoms with Gasteiger partial charge in [-0.05, 0) is 139 Å². The first-order valence-corrected chi connectivity index (χ1v) is 17.2. The van der Waals surface area contributed by atoms with Crippen molar-refractivity contribution >= 4 is 11.8 Å². The maximum Gasteiger partial charge on any atom is 0.302 e. The fourth-order valence-electron chi connectivity index (χ4n) is 11.9. The first-order valence-electron chi connectivity index (χ1n) is 17.2. The number of ether oxygens (including phenoxy) is 1. The lowest BCUT2D eigenvalue weighted by atomic mass is 9.38. The van der Waals surface area contributed by atoms with Crippen molar-refractivity contribution in [2.75, 3.05) is 0 Å². The number of carbonyl (C=O) groups excluding carboxylic acids is 2. The summed E-state index contributed by atoms with van der Waals surface area (Å²) in [6.07, 6.45) is 11.3. The Balaban J connectivity index is 1.24. The summed E-state index contributed by atoms with van der Waals surface area (Å²) in [5.41, 5.74) is 4.33. The van der Waals surface area contributed by atoms with Crippen molar-refractivity contribution in [1.82, 2.24) is 9.97 Å². The number of aromatic nitrogens is 2. The van der Waals surface area contributed by atoms with Gasteiger partial charge in [0.15, 0.2) is 5.78 Å². The van der Waals surface area contributed by atoms with Crippen LogP contribution in [0.25, 0.3) is 11.3 Å². The van der Waals surface area contributed by atoms with Gasteiger partial charge in [0.05, 0.1) is 17.3 Å². The quantitative estimate of drug-likeness (QED) is 0.357. The third kappa shape index (κ3) is 4.25. The highest BCUT2D eigenvalue weighted by atomic mass is 19.1. The maximum atomic E-state index is 13.9. The molecular weight excluding hydrogens is 551 g/mol. The Bertz CT molecular complexity index is 1510. The molecule has 6 heteroatoms. The molecular formula is C38H49FN2O3. The largest absolute Gasteiger partial charge is 0.462 e. The van der Waals surface area contributed by atoms with Crippen molar-refractivity contribution in [3.8, 4) is 11.3 Å². The van der Waals surface area contributed by atoms with Crippen LogP contribution in [0.5, 0.6) is 0 Å². The molecule has 1 heterocycles. The Kier molecular flexibility index (Phi) is 7.06. The number of hydrogen-bond donors (Lipinski definition) is 1. The van der Waals surface area contributed by atoms with E-state index >= 15 is 0 Å². The third-order valence-corrected chi connectivity index (χ3v) is 13.6. The van der Waals surface area contributed by atoms with Crippen molar-refractivity contribution < 1.29 is 18.7 Å². The second-order valence-electron chi connectivity index (χ2n) is 15.9. The van der Waals surface area contributed by atoms with Gasteiger partial charge in [-0.2, -0.15) is 0 Å². The number of Topliss-reactive ketones (excluding diaryl/α,β-unsaturated/α-hetero) is 1. The average molecular weight is 601 g/mol. The standard InChI is InChI=1S/C38H49FN2O3/c1-21(2)33-30(43)19-38(35-40-20-29(41-35)24-7-9-25(39)10-8-24)18-14-28-26(34(33)38)11-12-32-36(5)17-15-31(44-23(4)42)22(3)27(36)13-16-37(28,32)6/h7-10,20-22,26-28,31-32H,11-19H2,1-6H3,(H,40,41). The predicted octanol–water partition coefficient (Wildman–Crippen LogP) is 8.60. The number of ketones is 1. The minimum Gasteiger partial charge on any atom is -0.462 e. The Morgan fingerprint density at radius 3 is 2.39 bits per heavy atom. The van der Waals surface area contributed by atoms with E-state index in [4.69, 9.17) is 9.72 Å². The van der Waals surface area contributed by atoms with Crippen molar-refractivity contribution in [2.24, 2.45) is 46.3 Å². The number of nitrogens with one attached hydrogen (secondary N) is 1. The zero-order valence-corrected chi connectivity index (χ0v) is 27.3. The van der Waals surface area contributed by atoms with Gasteiger partial charge in [-0.25, -0.2) is 9.37 Å². The summed E-state index contributed by atoms with van der Waals surface area (Å²) in [6, 6.07) is 6.55. The van der Waals surface area contributed by atoms with Gasteiger partial charge in [0, 0.05) is 13.3 Å². The van der Waals surface area contributed by atoms with E-state index in [1.807, 2.05) is 6.20 Å². The summed E-state index contributed by atoms with van der Waals surface area (Å²) in [5, 5.41) is 0. The number of nitrogens with zero attached hydrogens (tertiary/aromatic N) is 1. The lowest BCUT2D eigenvalue weighted by Crippen LogP contribution is -2.60. The Labute approximate surface area is 261 Å². The van der Waals surface area contributed by atoms with E-state index in [1.54, 1.807) is 19.1 Å². The number of fused-ring (bicyclic) bond motifs is 7. The molecule has 2 aromatic rings. The van der Waals surface area contributed by atoms with Gasteiger partial charge in [0.25, 0.3) is 0 Å². The van der Waals surface area contributed by atoms with Crippen LogP contribution < -0.4 is 0 Å². The molecule has 0 bridgehead atoms. The van der Waals surface area contributed by atoms with Crippen LogP contribution in [0, 0.1) is 52.2 Å². The molecule has 1 N–H and O–H groups in total. The lowest BCUT2D eigenvalue weighted by molar-refractivity contribution is -0.188. The summed E-state index contributed by atoms with van der Waals surface area (Å²) in [5.74, 6) is 3.53. The van der Waals surface area contributed by atoms with Crippen LogP contribution in [0.3, 0.4) is 0 Å². The first-order chi connectivity index (χ1) is 20.9. The van der Waals surface area contributed by atoms with Gasteiger partial charge in [-0.3, -0.25) is 9.59 Å². The zero-order chi connectivity index (χ0) is 31.2. The number of aromatic amines is 1. The van der Waals surface area contributed by atoms with Gasteiger partial charge in [-0.15, -0.1) is 0 Å². The third-order valence-electron chi connectivity index (χ3n) is 13.6. The number of hydrogen-bond acceptors (Lipinski definition) is 4. The molecule has 5 nitrogen and oxygen atoms in total. The molecule has 0 aliphatic heterocycles. The zero-order valence-electron chi connectivity index (χ0n) is 27.3. The van der Waals surface area contributed by atoms with Crippen LogP contribution in [0.15, 0.2) is 41.6 Å². The number of halogens is 1. The van der Waals surface area contributed by atoms with E-state index in [1.165, 1.54) is 37.0 Å². The molecule has 5 aliphatic carbocycles. The van der Waals surface area contributed by atoms with E-state index in [9.17, 15) is 14.0 Å². The summed E-state index contributed by atoms with van der Waals surface area (Å²) in [6.45, 7) is 13.4. The van der Waals surface area contributed by atoms with E-state index < -0.39 is 0 Å². The summed E-state index contributed by atoms with van der Waals surface area (Å²) in [7, 11) is 0. The Hall–Kier alpha value is -2.76. The smallest absolute Gasteiger partial charge is 0.302 e. The molecule has 44 heavy (non-hydrogen) atoms. The highest BCUT2D eigenvalue weighted by Crippen LogP contribution is 2.71. The van der Waals surface area contributed by atoms with E-state index in [0.717, 1.165) is 54.8 Å². The highest BCUT2D eigenvalue weighted by Gasteiger charge is 2.65. The number of carbonyl (C=O) groups is 2. The van der Waals surface area contributed by atoms with Crippen LogP contribution in [0.4, 0.5) is 4.39 Å². The van der Waals surface area contributed by atoms with Gasteiger partial charge in [0.1, 0.15) is 17.7 Å². The number of imidazole rings is 1. The fraction of sp³-hybridized carbons (Fsp3) is 0.658. The molecule has 236 valence electrons. The molecule has 4 fully saturated rings. The molecule has 0 saturated heterocycles. The van der Waals surface area contributed by atoms with E-state index in [0.29, 0.717) is 41.8 Å². The molecule has 1 aromatic heterocycles. The monoisotopic (exact) mass is 600 g/mol. The molecule has 7 rings (SSSR count). The van der Waals surface area contributed by atoms with Gasteiger partial charge in [0.2, 0.25) is 0 Å². The van der Waals surface area contributed by atoms with Crippen LogP contribution in [-0.4, -0.2) is 27.8 Å². The lowest BCUT2D eigenvalue weighted by Gasteiger charge is -2.67. The van der Waals surface area contributed by atoms with Crippen molar-refractivity contribution in [3.63, 3.8) is 0 Å². The van der Waals surface area contributed by atoms with Crippen molar-refractivity contribution in [2.45, 2.75) is 111 Å². The summed E-state index contributed by atoms with van der Waals surface area (Å²) >= 11 is 0. The molecule has 1 aromatic carbocycles. The Morgan fingerprint density at radius 2 is 1.68 bits per heavy atom. The maximum absolute atomic E-state index is 13.9. The molecule has 0 radical (unpaired) electrons. The number of H-pyrrole nitrogens is 1. The van der Waals surface area contributed by atoms with Crippen molar-refractivity contribution in [3.05, 3.63) is 53.3 Å². The molecule has 5 aliphatic rings. The number of allylic oxidation sites excluding steroid dienone is 2. The molecule has 0 amide bonds. The minimum atomic E-state index is -0.378.